The normalized spacial score (nSPS) is 11.8. The first-order valence-corrected chi connectivity index (χ1v) is 11.2. The summed E-state index contributed by atoms with van der Waals surface area (Å²) in [6.45, 7) is 6.02. The van der Waals surface area contributed by atoms with Gasteiger partial charge in [-0.3, -0.25) is 9.59 Å². The number of para-hydroxylation sites is 2. The van der Waals surface area contributed by atoms with E-state index >= 15 is 0 Å². The number of carbonyl (C=O) groups is 2. The maximum Gasteiger partial charge on any atom is 0.251 e. The van der Waals surface area contributed by atoms with Crippen LogP contribution < -0.4 is 10.6 Å². The zero-order chi connectivity index (χ0) is 23.4. The van der Waals surface area contributed by atoms with E-state index in [-0.39, 0.29) is 24.4 Å². The van der Waals surface area contributed by atoms with Crippen LogP contribution in [0.3, 0.4) is 0 Å². The largest absolute Gasteiger partial charge is 0.342 e. The molecular weight excluding hydrogens is 412 g/mol. The minimum atomic E-state index is -0.387. The quantitative estimate of drug-likeness (QED) is 0.423. The number of rotatable bonds is 7. The summed E-state index contributed by atoms with van der Waals surface area (Å²) < 4.78 is 1.87. The van der Waals surface area contributed by atoms with Crippen LogP contribution in [0.25, 0.3) is 11.0 Å². The van der Waals surface area contributed by atoms with Gasteiger partial charge in [0.2, 0.25) is 5.91 Å². The number of imidazole rings is 1. The van der Waals surface area contributed by atoms with Gasteiger partial charge in [-0.1, -0.05) is 48.9 Å². The smallest absolute Gasteiger partial charge is 0.251 e. The van der Waals surface area contributed by atoms with Crippen LogP contribution in [0.1, 0.15) is 47.2 Å². The Labute approximate surface area is 193 Å². The molecule has 33 heavy (non-hydrogen) atoms. The lowest BCUT2D eigenvalue weighted by Crippen LogP contribution is -2.30. The number of anilines is 1. The molecule has 2 amide bonds. The van der Waals surface area contributed by atoms with E-state index in [9.17, 15) is 9.59 Å². The summed E-state index contributed by atoms with van der Waals surface area (Å²) in [6, 6.07) is 22.6. The second-order valence-corrected chi connectivity index (χ2v) is 8.21. The van der Waals surface area contributed by atoms with Crippen molar-refractivity contribution in [2.75, 3.05) is 5.32 Å². The van der Waals surface area contributed by atoms with Gasteiger partial charge in [0.25, 0.3) is 5.91 Å². The monoisotopic (exact) mass is 440 g/mol. The molecule has 168 valence electrons. The van der Waals surface area contributed by atoms with Crippen LogP contribution in [0.4, 0.5) is 5.69 Å². The van der Waals surface area contributed by atoms with Crippen LogP contribution in [0, 0.1) is 6.92 Å². The number of aryl methyl sites for hydroxylation is 2. The zero-order valence-corrected chi connectivity index (χ0v) is 19.1. The summed E-state index contributed by atoms with van der Waals surface area (Å²) in [7, 11) is 0. The lowest BCUT2D eigenvalue weighted by Gasteiger charge is -2.16. The van der Waals surface area contributed by atoms with Crippen molar-refractivity contribution >= 4 is 28.5 Å². The highest BCUT2D eigenvalue weighted by Crippen LogP contribution is 2.22. The summed E-state index contributed by atoms with van der Waals surface area (Å²) in [5, 5.41) is 5.98. The number of carbonyl (C=O) groups excluding carboxylic acids is 2. The average Bonchev–Trinajstić information content (AvgIpc) is 3.18. The number of hydrogen-bond donors (Lipinski definition) is 2. The van der Waals surface area contributed by atoms with Gasteiger partial charge in [-0.05, 0) is 62.2 Å². The van der Waals surface area contributed by atoms with Gasteiger partial charge in [-0.15, -0.1) is 0 Å². The number of fused-ring (bicyclic) bond motifs is 1. The molecule has 0 spiro atoms. The van der Waals surface area contributed by atoms with E-state index in [0.29, 0.717) is 11.4 Å². The number of amides is 2. The van der Waals surface area contributed by atoms with E-state index in [4.69, 9.17) is 4.98 Å². The molecule has 0 saturated carbocycles. The number of aromatic nitrogens is 2. The molecular formula is C27H28N4O2. The molecule has 1 unspecified atom stereocenters. The van der Waals surface area contributed by atoms with Crippen molar-refractivity contribution in [3.63, 3.8) is 0 Å². The van der Waals surface area contributed by atoms with Crippen LogP contribution in [0.15, 0.2) is 72.8 Å². The van der Waals surface area contributed by atoms with Gasteiger partial charge >= 0.3 is 0 Å². The standard InChI is InChI=1S/C27H28N4O2/c1-4-20-12-14-22(15-13-20)29-25(32)17-31-24-11-6-5-10-23(24)30-26(31)19(3)28-27(33)21-9-7-8-18(2)16-21/h5-16,19H,4,17H2,1-3H3,(H,28,33)(H,29,32). The van der Waals surface area contributed by atoms with Crippen LogP contribution >= 0.6 is 0 Å². The van der Waals surface area contributed by atoms with Gasteiger partial charge < -0.3 is 15.2 Å². The maximum absolute atomic E-state index is 12.9. The van der Waals surface area contributed by atoms with E-state index in [2.05, 4.69) is 17.6 Å². The van der Waals surface area contributed by atoms with Crippen LogP contribution in [-0.4, -0.2) is 21.4 Å². The molecule has 6 heteroatoms. The maximum atomic E-state index is 12.9. The summed E-state index contributed by atoms with van der Waals surface area (Å²) >= 11 is 0. The molecule has 3 aromatic carbocycles. The summed E-state index contributed by atoms with van der Waals surface area (Å²) in [6.07, 6.45) is 0.949. The van der Waals surface area contributed by atoms with Gasteiger partial charge in [-0.2, -0.15) is 0 Å². The second-order valence-electron chi connectivity index (χ2n) is 8.21. The van der Waals surface area contributed by atoms with Gasteiger partial charge in [0, 0.05) is 11.3 Å². The van der Waals surface area contributed by atoms with E-state index in [1.54, 1.807) is 6.07 Å². The third-order valence-electron chi connectivity index (χ3n) is 5.65. The molecule has 2 N–H and O–H groups in total. The number of benzene rings is 3. The fourth-order valence-electron chi connectivity index (χ4n) is 3.89. The Balaban J connectivity index is 1.57. The van der Waals surface area contributed by atoms with Crippen molar-refractivity contribution in [2.45, 2.75) is 39.8 Å². The molecule has 1 aromatic heterocycles. The highest BCUT2D eigenvalue weighted by atomic mass is 16.2. The van der Waals surface area contributed by atoms with E-state index in [1.807, 2.05) is 85.1 Å². The fraction of sp³-hybridized carbons (Fsp3) is 0.222. The topological polar surface area (TPSA) is 76.0 Å². The van der Waals surface area contributed by atoms with Crippen molar-refractivity contribution in [3.8, 4) is 0 Å². The Hall–Kier alpha value is -3.93. The molecule has 0 bridgehead atoms. The van der Waals surface area contributed by atoms with E-state index in [1.165, 1.54) is 5.56 Å². The van der Waals surface area contributed by atoms with Crippen molar-refractivity contribution in [3.05, 3.63) is 95.3 Å². The highest BCUT2D eigenvalue weighted by Gasteiger charge is 2.20. The van der Waals surface area contributed by atoms with Crippen molar-refractivity contribution in [1.29, 1.82) is 0 Å². The summed E-state index contributed by atoms with van der Waals surface area (Å²) in [5.41, 5.74) is 5.21. The first-order valence-electron chi connectivity index (χ1n) is 11.2. The molecule has 1 heterocycles. The zero-order valence-electron chi connectivity index (χ0n) is 19.1. The third kappa shape index (κ3) is 5.12. The van der Waals surface area contributed by atoms with Gasteiger partial charge in [0.15, 0.2) is 0 Å². The van der Waals surface area contributed by atoms with Crippen molar-refractivity contribution in [1.82, 2.24) is 14.9 Å². The SMILES string of the molecule is CCc1ccc(NC(=O)Cn2c(C(C)NC(=O)c3cccc(C)c3)nc3ccccc32)cc1. The van der Waals surface area contributed by atoms with Gasteiger partial charge in [0.05, 0.1) is 17.1 Å². The van der Waals surface area contributed by atoms with Gasteiger partial charge in [-0.25, -0.2) is 4.98 Å². The van der Waals surface area contributed by atoms with Crippen LogP contribution in [0.2, 0.25) is 0 Å². The first-order chi connectivity index (χ1) is 15.9. The van der Waals surface area contributed by atoms with Crippen molar-refractivity contribution < 1.29 is 9.59 Å². The fourth-order valence-corrected chi connectivity index (χ4v) is 3.89. The minimum absolute atomic E-state index is 0.0933. The summed E-state index contributed by atoms with van der Waals surface area (Å²) in [4.78, 5) is 30.4. The molecule has 0 radical (unpaired) electrons. The Bertz CT molecular complexity index is 1290. The number of nitrogens with zero attached hydrogens (tertiary/aromatic N) is 2. The molecule has 4 aromatic rings. The predicted molar refractivity (Wildman–Crippen MR) is 131 cm³/mol. The molecule has 0 aliphatic rings. The van der Waals surface area contributed by atoms with E-state index in [0.717, 1.165) is 28.7 Å². The van der Waals surface area contributed by atoms with Crippen molar-refractivity contribution in [2.24, 2.45) is 0 Å². The molecule has 4 rings (SSSR count). The van der Waals surface area contributed by atoms with E-state index < -0.39 is 0 Å². The predicted octanol–water partition coefficient (Wildman–Crippen LogP) is 5.04. The van der Waals surface area contributed by atoms with Crippen LogP contribution in [-0.2, 0) is 17.8 Å². The molecule has 0 aliphatic carbocycles. The van der Waals surface area contributed by atoms with Gasteiger partial charge in [0.1, 0.15) is 12.4 Å². The minimum Gasteiger partial charge on any atom is -0.342 e. The average molecular weight is 441 g/mol. The first kappa shape index (κ1) is 22.3. The Morgan fingerprint density at radius 2 is 1.76 bits per heavy atom. The summed E-state index contributed by atoms with van der Waals surface area (Å²) in [5.74, 6) is 0.305. The highest BCUT2D eigenvalue weighted by molar-refractivity contribution is 5.95. The molecule has 0 aliphatic heterocycles. The number of nitrogens with one attached hydrogen (secondary N) is 2. The lowest BCUT2D eigenvalue weighted by molar-refractivity contribution is -0.116. The third-order valence-corrected chi connectivity index (χ3v) is 5.65. The molecule has 1 atom stereocenters. The molecule has 0 saturated heterocycles. The number of hydrogen-bond acceptors (Lipinski definition) is 3. The second kappa shape index (κ2) is 9.69. The Kier molecular flexibility index (Phi) is 6.54. The molecule has 0 fully saturated rings. The molecule has 6 nitrogen and oxygen atoms in total. The lowest BCUT2D eigenvalue weighted by atomic mass is 10.1. The Morgan fingerprint density at radius 3 is 2.48 bits per heavy atom. The van der Waals surface area contributed by atoms with Crippen LogP contribution in [0.5, 0.6) is 0 Å². The Morgan fingerprint density at radius 1 is 1.00 bits per heavy atom.